The summed E-state index contributed by atoms with van der Waals surface area (Å²) in [6, 6.07) is 5.59. The van der Waals surface area contributed by atoms with Crippen LogP contribution in [0.15, 0.2) is 24.4 Å². The van der Waals surface area contributed by atoms with Crippen molar-refractivity contribution in [2.24, 2.45) is 5.73 Å². The molecule has 2 N–H and O–H groups in total. The first-order chi connectivity index (χ1) is 8.11. The van der Waals surface area contributed by atoms with Gasteiger partial charge in [0.05, 0.1) is 22.8 Å². The fraction of sp³-hybridized carbons (Fsp3) is 0.250. The second-order valence-corrected chi connectivity index (χ2v) is 4.68. The summed E-state index contributed by atoms with van der Waals surface area (Å²) in [5, 5.41) is 5.42. The van der Waals surface area contributed by atoms with Crippen molar-refractivity contribution >= 4 is 23.2 Å². The Kier molecular flexibility index (Phi) is 3.72. The first kappa shape index (κ1) is 12.4. The van der Waals surface area contributed by atoms with E-state index in [0.29, 0.717) is 23.1 Å². The third-order valence-corrected chi connectivity index (χ3v) is 3.48. The van der Waals surface area contributed by atoms with Crippen molar-refractivity contribution < 1.29 is 0 Å². The topological polar surface area (TPSA) is 43.8 Å². The van der Waals surface area contributed by atoms with Crippen LogP contribution in [0.1, 0.15) is 16.8 Å². The van der Waals surface area contributed by atoms with Gasteiger partial charge < -0.3 is 5.73 Å². The van der Waals surface area contributed by atoms with Gasteiger partial charge in [0.1, 0.15) is 0 Å². The van der Waals surface area contributed by atoms with Crippen LogP contribution in [-0.2, 0) is 13.1 Å². The number of hydrogen-bond donors (Lipinski definition) is 1. The lowest BCUT2D eigenvalue weighted by Crippen LogP contribution is -2.05. The summed E-state index contributed by atoms with van der Waals surface area (Å²) in [4.78, 5) is 0. The minimum atomic E-state index is 0.507. The normalized spacial score (nSPS) is 10.8. The lowest BCUT2D eigenvalue weighted by molar-refractivity contribution is 0.663. The van der Waals surface area contributed by atoms with Crippen LogP contribution in [0.4, 0.5) is 0 Å². The molecule has 0 atom stereocenters. The summed E-state index contributed by atoms with van der Waals surface area (Å²) in [5.74, 6) is 0. The van der Waals surface area contributed by atoms with Crippen LogP contribution in [0.3, 0.4) is 0 Å². The number of rotatable bonds is 3. The molecule has 0 fully saturated rings. The van der Waals surface area contributed by atoms with Gasteiger partial charge in [0.25, 0.3) is 0 Å². The van der Waals surface area contributed by atoms with Crippen LogP contribution < -0.4 is 5.73 Å². The molecule has 0 saturated carbocycles. The van der Waals surface area contributed by atoms with Gasteiger partial charge >= 0.3 is 0 Å². The smallest absolute Gasteiger partial charge is 0.0663 e. The number of halogens is 2. The lowest BCUT2D eigenvalue weighted by Gasteiger charge is -2.06. The van der Waals surface area contributed by atoms with Gasteiger partial charge in [-0.1, -0.05) is 29.3 Å². The van der Waals surface area contributed by atoms with Gasteiger partial charge in [-0.2, -0.15) is 5.10 Å². The first-order valence-corrected chi connectivity index (χ1v) is 6.02. The molecule has 1 heterocycles. The third kappa shape index (κ3) is 2.63. The Morgan fingerprint density at radius 3 is 2.65 bits per heavy atom. The maximum absolute atomic E-state index is 5.97. The molecule has 0 spiro atoms. The standard InChI is InChI=1S/C12H13Cl2N3/c1-8-10(5-15)6-16-17(8)7-9-2-3-11(13)12(14)4-9/h2-4,6H,5,7,15H2,1H3. The van der Waals surface area contributed by atoms with Crippen LogP contribution in [0.5, 0.6) is 0 Å². The highest BCUT2D eigenvalue weighted by molar-refractivity contribution is 6.42. The molecule has 90 valence electrons. The molecule has 0 aliphatic heterocycles. The molecule has 0 saturated heterocycles. The van der Waals surface area contributed by atoms with E-state index in [9.17, 15) is 0 Å². The Morgan fingerprint density at radius 1 is 1.29 bits per heavy atom. The molecule has 1 aromatic carbocycles. The molecule has 0 bridgehead atoms. The Bertz CT molecular complexity index is 535. The fourth-order valence-electron chi connectivity index (χ4n) is 1.66. The zero-order valence-electron chi connectivity index (χ0n) is 9.45. The molecule has 5 heteroatoms. The van der Waals surface area contributed by atoms with E-state index >= 15 is 0 Å². The highest BCUT2D eigenvalue weighted by Gasteiger charge is 2.06. The van der Waals surface area contributed by atoms with Crippen LogP contribution in [-0.4, -0.2) is 9.78 Å². The predicted molar refractivity (Wildman–Crippen MR) is 70.4 cm³/mol. The average molecular weight is 270 g/mol. The van der Waals surface area contributed by atoms with Crippen LogP contribution in [0.2, 0.25) is 10.0 Å². The minimum absolute atomic E-state index is 0.507. The van der Waals surface area contributed by atoms with Gasteiger partial charge in [0.15, 0.2) is 0 Å². The quantitative estimate of drug-likeness (QED) is 0.931. The Hall–Kier alpha value is -1.03. The maximum atomic E-state index is 5.97. The number of nitrogens with zero attached hydrogens (tertiary/aromatic N) is 2. The monoisotopic (exact) mass is 269 g/mol. The van der Waals surface area contributed by atoms with Gasteiger partial charge in [0.2, 0.25) is 0 Å². The SMILES string of the molecule is Cc1c(CN)cnn1Cc1ccc(Cl)c(Cl)c1. The molecule has 0 aliphatic rings. The second-order valence-electron chi connectivity index (χ2n) is 3.87. The highest BCUT2D eigenvalue weighted by atomic mass is 35.5. The van der Waals surface area contributed by atoms with Crippen molar-refractivity contribution in [3.8, 4) is 0 Å². The van der Waals surface area contributed by atoms with Gasteiger partial charge in [0, 0.05) is 17.8 Å². The number of nitrogens with two attached hydrogens (primary N) is 1. The third-order valence-electron chi connectivity index (χ3n) is 2.74. The van der Waals surface area contributed by atoms with E-state index in [1.807, 2.05) is 23.7 Å². The average Bonchev–Trinajstić information content (AvgIpc) is 2.65. The van der Waals surface area contributed by atoms with Gasteiger partial charge in [-0.3, -0.25) is 4.68 Å². The molecule has 0 radical (unpaired) electrons. The molecule has 0 unspecified atom stereocenters. The van der Waals surface area contributed by atoms with E-state index in [0.717, 1.165) is 16.8 Å². The number of aromatic nitrogens is 2. The van der Waals surface area contributed by atoms with Crippen molar-refractivity contribution in [2.45, 2.75) is 20.0 Å². The van der Waals surface area contributed by atoms with Crippen molar-refractivity contribution in [3.05, 3.63) is 51.3 Å². The summed E-state index contributed by atoms with van der Waals surface area (Å²) in [7, 11) is 0. The summed E-state index contributed by atoms with van der Waals surface area (Å²) >= 11 is 11.8. The van der Waals surface area contributed by atoms with E-state index in [-0.39, 0.29) is 0 Å². The summed E-state index contributed by atoms with van der Waals surface area (Å²) in [6.07, 6.45) is 1.80. The maximum Gasteiger partial charge on any atom is 0.0663 e. The molecular formula is C12H13Cl2N3. The largest absolute Gasteiger partial charge is 0.326 e. The zero-order valence-corrected chi connectivity index (χ0v) is 11.0. The van der Waals surface area contributed by atoms with Crippen molar-refractivity contribution in [3.63, 3.8) is 0 Å². The summed E-state index contributed by atoms with van der Waals surface area (Å²) in [6.45, 7) is 3.18. The van der Waals surface area contributed by atoms with E-state index in [4.69, 9.17) is 28.9 Å². The number of hydrogen-bond acceptors (Lipinski definition) is 2. The fourth-order valence-corrected chi connectivity index (χ4v) is 1.98. The molecule has 2 aromatic rings. The van der Waals surface area contributed by atoms with Crippen molar-refractivity contribution in [1.29, 1.82) is 0 Å². The molecule has 17 heavy (non-hydrogen) atoms. The highest BCUT2D eigenvalue weighted by Crippen LogP contribution is 2.23. The molecule has 1 aromatic heterocycles. The summed E-state index contributed by atoms with van der Waals surface area (Å²) < 4.78 is 1.90. The van der Waals surface area contributed by atoms with E-state index < -0.39 is 0 Å². The predicted octanol–water partition coefficient (Wildman–Crippen LogP) is 3.01. The van der Waals surface area contributed by atoms with Gasteiger partial charge in [-0.25, -0.2) is 0 Å². The van der Waals surface area contributed by atoms with Gasteiger partial charge in [-0.05, 0) is 24.6 Å². The van der Waals surface area contributed by atoms with Crippen LogP contribution in [0.25, 0.3) is 0 Å². The Labute approximate surface area is 110 Å². The molecule has 2 rings (SSSR count). The van der Waals surface area contributed by atoms with Crippen molar-refractivity contribution in [1.82, 2.24) is 9.78 Å². The zero-order chi connectivity index (χ0) is 12.4. The van der Waals surface area contributed by atoms with E-state index in [1.165, 1.54) is 0 Å². The van der Waals surface area contributed by atoms with Crippen LogP contribution >= 0.6 is 23.2 Å². The number of benzene rings is 1. The second kappa shape index (κ2) is 5.08. The van der Waals surface area contributed by atoms with E-state index in [1.54, 1.807) is 12.3 Å². The van der Waals surface area contributed by atoms with E-state index in [2.05, 4.69) is 5.10 Å². The van der Waals surface area contributed by atoms with Gasteiger partial charge in [-0.15, -0.1) is 0 Å². The minimum Gasteiger partial charge on any atom is -0.326 e. The molecular weight excluding hydrogens is 257 g/mol. The first-order valence-electron chi connectivity index (χ1n) is 5.27. The lowest BCUT2D eigenvalue weighted by atomic mass is 10.2. The molecule has 3 nitrogen and oxygen atoms in total. The van der Waals surface area contributed by atoms with Crippen molar-refractivity contribution in [2.75, 3.05) is 0 Å². The van der Waals surface area contributed by atoms with Crippen LogP contribution in [0, 0.1) is 6.92 Å². The molecule has 0 aliphatic carbocycles. The summed E-state index contributed by atoms with van der Waals surface area (Å²) in [5.41, 5.74) is 8.82. The Balaban J connectivity index is 2.25. The molecule has 0 amide bonds. The Morgan fingerprint density at radius 2 is 2.06 bits per heavy atom.